The highest BCUT2D eigenvalue weighted by atomic mass is 16.7. The van der Waals surface area contributed by atoms with E-state index in [-0.39, 0.29) is 0 Å². The quantitative estimate of drug-likeness (QED) is 0.925. The van der Waals surface area contributed by atoms with Gasteiger partial charge >= 0.3 is 0 Å². The molecule has 1 aliphatic heterocycles. The number of hydrogen-bond acceptors (Lipinski definition) is 5. The third-order valence-corrected chi connectivity index (χ3v) is 3.20. The second-order valence-corrected chi connectivity index (χ2v) is 4.83. The molecule has 5 nitrogen and oxygen atoms in total. The third-order valence-electron chi connectivity index (χ3n) is 3.20. The van der Waals surface area contributed by atoms with Gasteiger partial charge in [-0.3, -0.25) is 4.98 Å². The summed E-state index contributed by atoms with van der Waals surface area (Å²) in [7, 11) is 4.03. The zero-order valence-corrected chi connectivity index (χ0v) is 11.6. The van der Waals surface area contributed by atoms with Crippen LogP contribution < -0.4 is 19.7 Å². The molecule has 0 saturated heterocycles. The monoisotopic (exact) mass is 271 g/mol. The molecular formula is C15H17N3O2. The van der Waals surface area contributed by atoms with Gasteiger partial charge in [-0.1, -0.05) is 6.07 Å². The number of benzene rings is 1. The molecule has 0 bridgehead atoms. The van der Waals surface area contributed by atoms with Crippen molar-refractivity contribution < 1.29 is 9.47 Å². The lowest BCUT2D eigenvalue weighted by Gasteiger charge is -2.17. The molecule has 0 radical (unpaired) electrons. The molecule has 1 aromatic carbocycles. The van der Waals surface area contributed by atoms with Crippen LogP contribution in [0.15, 0.2) is 36.7 Å². The Bertz CT molecular complexity index is 614. The van der Waals surface area contributed by atoms with Crippen molar-refractivity contribution in [3.05, 3.63) is 42.2 Å². The molecule has 1 aromatic heterocycles. The van der Waals surface area contributed by atoms with Crippen molar-refractivity contribution in [2.45, 2.75) is 6.54 Å². The molecule has 2 heterocycles. The lowest BCUT2D eigenvalue weighted by Crippen LogP contribution is -2.12. The van der Waals surface area contributed by atoms with E-state index in [1.807, 2.05) is 44.6 Å². The van der Waals surface area contributed by atoms with E-state index in [0.717, 1.165) is 28.4 Å². The molecule has 0 aliphatic carbocycles. The largest absolute Gasteiger partial charge is 0.454 e. The first kappa shape index (κ1) is 12.6. The normalized spacial score (nSPS) is 12.3. The molecule has 0 spiro atoms. The highest BCUT2D eigenvalue weighted by molar-refractivity contribution is 5.68. The Labute approximate surface area is 118 Å². The number of anilines is 2. The van der Waals surface area contributed by atoms with Gasteiger partial charge in [0.25, 0.3) is 0 Å². The summed E-state index contributed by atoms with van der Waals surface area (Å²) < 4.78 is 10.7. The first-order valence-corrected chi connectivity index (χ1v) is 6.48. The maximum atomic E-state index is 5.38. The van der Waals surface area contributed by atoms with Crippen LogP contribution in [-0.4, -0.2) is 25.9 Å². The van der Waals surface area contributed by atoms with Gasteiger partial charge in [-0.2, -0.15) is 0 Å². The maximum absolute atomic E-state index is 5.38. The second kappa shape index (κ2) is 5.28. The fourth-order valence-electron chi connectivity index (χ4n) is 2.16. The fraction of sp³-hybridized carbons (Fsp3) is 0.267. The van der Waals surface area contributed by atoms with Crippen molar-refractivity contribution in [3.63, 3.8) is 0 Å². The molecule has 1 N–H and O–H groups in total. The fourth-order valence-corrected chi connectivity index (χ4v) is 2.16. The molecule has 5 heteroatoms. The predicted octanol–water partition coefficient (Wildman–Crippen LogP) is 2.49. The summed E-state index contributed by atoms with van der Waals surface area (Å²) in [5.41, 5.74) is 3.26. The number of pyridine rings is 1. The summed E-state index contributed by atoms with van der Waals surface area (Å²) >= 11 is 0. The Kier molecular flexibility index (Phi) is 3.33. The van der Waals surface area contributed by atoms with Crippen molar-refractivity contribution >= 4 is 11.4 Å². The SMILES string of the molecule is CN(C)c1ccncc1NCc1ccc2c(c1)OCO2. The number of nitrogens with zero attached hydrogens (tertiary/aromatic N) is 2. The summed E-state index contributed by atoms with van der Waals surface area (Å²) in [6, 6.07) is 7.96. The highest BCUT2D eigenvalue weighted by Crippen LogP contribution is 2.33. The Morgan fingerprint density at radius 2 is 2.05 bits per heavy atom. The molecule has 3 rings (SSSR count). The minimum atomic E-state index is 0.305. The van der Waals surface area contributed by atoms with Crippen molar-refractivity contribution in [2.75, 3.05) is 31.1 Å². The van der Waals surface area contributed by atoms with Crippen LogP contribution in [0, 0.1) is 0 Å². The average molecular weight is 271 g/mol. The third kappa shape index (κ3) is 2.47. The summed E-state index contributed by atoms with van der Waals surface area (Å²) in [5.74, 6) is 1.62. The van der Waals surface area contributed by atoms with E-state index < -0.39 is 0 Å². The molecule has 104 valence electrons. The van der Waals surface area contributed by atoms with Crippen LogP contribution in [0.5, 0.6) is 11.5 Å². The number of aromatic nitrogens is 1. The Morgan fingerprint density at radius 3 is 2.90 bits per heavy atom. The van der Waals surface area contributed by atoms with Crippen LogP contribution in [0.3, 0.4) is 0 Å². The molecule has 20 heavy (non-hydrogen) atoms. The first-order valence-electron chi connectivity index (χ1n) is 6.48. The van der Waals surface area contributed by atoms with Crippen molar-refractivity contribution in [3.8, 4) is 11.5 Å². The van der Waals surface area contributed by atoms with E-state index in [4.69, 9.17) is 9.47 Å². The van der Waals surface area contributed by atoms with E-state index in [9.17, 15) is 0 Å². The molecule has 1 aliphatic rings. The molecule has 0 fully saturated rings. The van der Waals surface area contributed by atoms with Gasteiger partial charge in [0.15, 0.2) is 11.5 Å². The van der Waals surface area contributed by atoms with E-state index in [0.29, 0.717) is 13.3 Å². The first-order chi connectivity index (χ1) is 9.74. The molecule has 0 amide bonds. The van der Waals surface area contributed by atoms with Gasteiger partial charge in [-0.25, -0.2) is 0 Å². The molecule has 2 aromatic rings. The Morgan fingerprint density at radius 1 is 1.20 bits per heavy atom. The topological polar surface area (TPSA) is 46.6 Å². The minimum Gasteiger partial charge on any atom is -0.454 e. The van der Waals surface area contributed by atoms with Crippen LogP contribution in [0.25, 0.3) is 0 Å². The van der Waals surface area contributed by atoms with E-state index >= 15 is 0 Å². The van der Waals surface area contributed by atoms with Gasteiger partial charge in [-0.05, 0) is 23.8 Å². The van der Waals surface area contributed by atoms with Gasteiger partial charge in [0, 0.05) is 26.8 Å². The Hall–Kier alpha value is -2.43. The lowest BCUT2D eigenvalue weighted by atomic mass is 10.2. The molecular weight excluding hydrogens is 254 g/mol. The number of rotatable bonds is 4. The molecule has 0 saturated carbocycles. The number of fused-ring (bicyclic) bond motifs is 1. The van der Waals surface area contributed by atoms with Crippen LogP contribution >= 0.6 is 0 Å². The summed E-state index contributed by atoms with van der Waals surface area (Å²) in [4.78, 5) is 6.22. The van der Waals surface area contributed by atoms with E-state index in [2.05, 4.69) is 15.2 Å². The van der Waals surface area contributed by atoms with Crippen molar-refractivity contribution in [1.82, 2.24) is 4.98 Å². The number of hydrogen-bond donors (Lipinski definition) is 1. The van der Waals surface area contributed by atoms with E-state index in [1.54, 1.807) is 6.20 Å². The maximum Gasteiger partial charge on any atom is 0.231 e. The standard InChI is InChI=1S/C15H17N3O2/c1-18(2)13-5-6-16-9-12(13)17-8-11-3-4-14-15(7-11)20-10-19-14/h3-7,9,17H,8,10H2,1-2H3. The zero-order chi connectivity index (χ0) is 13.9. The summed E-state index contributed by atoms with van der Waals surface area (Å²) in [5, 5.41) is 3.40. The minimum absolute atomic E-state index is 0.305. The lowest BCUT2D eigenvalue weighted by molar-refractivity contribution is 0.174. The summed E-state index contributed by atoms with van der Waals surface area (Å²) in [6.45, 7) is 1.02. The van der Waals surface area contributed by atoms with Crippen molar-refractivity contribution in [1.29, 1.82) is 0 Å². The van der Waals surface area contributed by atoms with Crippen molar-refractivity contribution in [2.24, 2.45) is 0 Å². The van der Waals surface area contributed by atoms with Crippen LogP contribution in [0.1, 0.15) is 5.56 Å². The van der Waals surface area contributed by atoms with E-state index in [1.165, 1.54) is 0 Å². The smallest absolute Gasteiger partial charge is 0.231 e. The summed E-state index contributed by atoms with van der Waals surface area (Å²) in [6.07, 6.45) is 3.63. The zero-order valence-electron chi connectivity index (χ0n) is 11.6. The van der Waals surface area contributed by atoms with Crippen LogP contribution in [0.2, 0.25) is 0 Å². The highest BCUT2D eigenvalue weighted by Gasteiger charge is 2.13. The molecule has 0 atom stereocenters. The predicted molar refractivity (Wildman–Crippen MR) is 78.5 cm³/mol. The van der Waals surface area contributed by atoms with Gasteiger partial charge in [0.1, 0.15) is 0 Å². The van der Waals surface area contributed by atoms with Gasteiger partial charge in [-0.15, -0.1) is 0 Å². The molecule has 0 unspecified atom stereocenters. The van der Waals surface area contributed by atoms with Gasteiger partial charge < -0.3 is 19.7 Å². The van der Waals surface area contributed by atoms with Crippen LogP contribution in [0.4, 0.5) is 11.4 Å². The van der Waals surface area contributed by atoms with Gasteiger partial charge in [0.05, 0.1) is 17.6 Å². The van der Waals surface area contributed by atoms with Gasteiger partial charge in [0.2, 0.25) is 6.79 Å². The average Bonchev–Trinajstić information content (AvgIpc) is 2.92. The number of ether oxygens (including phenoxy) is 2. The number of nitrogens with one attached hydrogen (secondary N) is 1. The van der Waals surface area contributed by atoms with Crippen LogP contribution in [-0.2, 0) is 6.54 Å². The second-order valence-electron chi connectivity index (χ2n) is 4.83. The Balaban J connectivity index is 1.74.